The Morgan fingerprint density at radius 2 is 1.95 bits per heavy atom. The molecule has 2 N–H and O–H groups in total. The summed E-state index contributed by atoms with van der Waals surface area (Å²) in [7, 11) is 0. The number of allylic oxidation sites excluding steroid dienone is 1. The van der Waals surface area contributed by atoms with Gasteiger partial charge >= 0.3 is 5.97 Å². The maximum atomic E-state index is 14.7. The van der Waals surface area contributed by atoms with Crippen molar-refractivity contribution in [3.8, 4) is 0 Å². The third-order valence-electron chi connectivity index (χ3n) is 9.09. The Hall–Kier alpha value is -3.50. The minimum atomic E-state index is -1.23. The van der Waals surface area contributed by atoms with Crippen LogP contribution in [0.3, 0.4) is 0 Å². The summed E-state index contributed by atoms with van der Waals surface area (Å²) in [6.45, 7) is 14.9. The number of carbonyl (C=O) groups is 4. The topological polar surface area (TPSA) is 125 Å². The highest BCUT2D eigenvalue weighted by Gasteiger charge is 2.75. The normalized spacial score (nSPS) is 26.9. The quantitative estimate of drug-likeness (QED) is 0.250. The van der Waals surface area contributed by atoms with Crippen molar-refractivity contribution in [2.45, 2.75) is 89.7 Å². The number of nitrogens with zero attached hydrogens (tertiary/aromatic N) is 2. The number of nitrogens with one attached hydrogen (secondary N) is 1. The molecule has 10 nitrogen and oxygen atoms in total. The molecule has 3 heterocycles. The number of ether oxygens (including phenoxy) is 2. The number of hydrogen-bond donors (Lipinski definition) is 2. The predicted molar refractivity (Wildman–Crippen MR) is 162 cm³/mol. The van der Waals surface area contributed by atoms with E-state index in [1.807, 2.05) is 39.0 Å². The highest BCUT2D eigenvalue weighted by atomic mass is 16.6. The summed E-state index contributed by atoms with van der Waals surface area (Å²) in [4.78, 5) is 57.7. The van der Waals surface area contributed by atoms with Crippen LogP contribution in [0.5, 0.6) is 0 Å². The number of anilines is 1. The van der Waals surface area contributed by atoms with E-state index in [2.05, 4.69) is 18.5 Å². The van der Waals surface area contributed by atoms with Gasteiger partial charge in [-0.2, -0.15) is 0 Å². The number of benzene rings is 1. The Morgan fingerprint density at radius 3 is 2.56 bits per heavy atom. The molecule has 2 bridgehead atoms. The highest BCUT2D eigenvalue weighted by Crippen LogP contribution is 2.59. The van der Waals surface area contributed by atoms with Crippen LogP contribution < -0.4 is 10.2 Å². The van der Waals surface area contributed by atoms with Gasteiger partial charge < -0.3 is 29.7 Å². The lowest BCUT2D eigenvalue weighted by molar-refractivity contribution is -0.159. The van der Waals surface area contributed by atoms with E-state index in [-0.39, 0.29) is 37.4 Å². The van der Waals surface area contributed by atoms with E-state index < -0.39 is 47.7 Å². The lowest BCUT2D eigenvalue weighted by atomic mass is 9.70. The molecule has 4 rings (SSSR count). The van der Waals surface area contributed by atoms with Crippen LogP contribution in [0, 0.1) is 25.7 Å². The van der Waals surface area contributed by atoms with Gasteiger partial charge in [-0.05, 0) is 57.6 Å². The highest BCUT2D eigenvalue weighted by molar-refractivity contribution is 6.05. The number of fused-ring (bicyclic) bond motifs is 1. The number of para-hydroxylation sites is 1. The minimum absolute atomic E-state index is 0.131. The van der Waals surface area contributed by atoms with Crippen molar-refractivity contribution in [1.29, 1.82) is 0 Å². The van der Waals surface area contributed by atoms with Crippen LogP contribution in [0.25, 0.3) is 0 Å². The van der Waals surface area contributed by atoms with E-state index in [1.54, 1.807) is 24.0 Å². The van der Waals surface area contributed by atoms with Crippen LogP contribution in [-0.2, 0) is 28.7 Å². The number of carbonyl (C=O) groups excluding carboxylic acids is 4. The first-order chi connectivity index (χ1) is 20.6. The van der Waals surface area contributed by atoms with Crippen LogP contribution in [0.15, 0.2) is 43.5 Å². The van der Waals surface area contributed by atoms with E-state index in [4.69, 9.17) is 9.47 Å². The molecule has 0 radical (unpaired) electrons. The third-order valence-corrected chi connectivity index (χ3v) is 9.09. The van der Waals surface area contributed by atoms with Crippen molar-refractivity contribution in [3.63, 3.8) is 0 Å². The summed E-state index contributed by atoms with van der Waals surface area (Å²) in [5, 5.41) is 13.1. The van der Waals surface area contributed by atoms with Crippen LogP contribution in [0.2, 0.25) is 0 Å². The van der Waals surface area contributed by atoms with Crippen molar-refractivity contribution in [1.82, 2.24) is 10.2 Å². The van der Waals surface area contributed by atoms with Gasteiger partial charge in [0.2, 0.25) is 11.8 Å². The summed E-state index contributed by atoms with van der Waals surface area (Å²) in [5.41, 5.74) is 1.31. The molecule has 0 unspecified atom stereocenters. The number of rotatable bonds is 14. The SMILES string of the molecule is C=CCCC(=O)NC[C@H](C)OC(=O)[C@@H]1[C@@H]2CC[C@]3(O2)[C@H](C(=O)N(CC=C)c2c(C)cccc2C)N([C@@H](CC)CO)C(=O)[C@@H]13. The Kier molecular flexibility index (Phi) is 10.1. The minimum Gasteiger partial charge on any atom is -0.460 e. The number of esters is 1. The Labute approximate surface area is 254 Å². The molecule has 0 saturated carbocycles. The molecule has 0 aliphatic carbocycles. The maximum absolute atomic E-state index is 14.7. The maximum Gasteiger partial charge on any atom is 0.312 e. The first kappa shape index (κ1) is 32.4. The molecule has 234 valence electrons. The van der Waals surface area contributed by atoms with Gasteiger partial charge in [0.1, 0.15) is 17.7 Å². The smallest absolute Gasteiger partial charge is 0.312 e. The molecule has 3 fully saturated rings. The molecule has 1 aromatic carbocycles. The van der Waals surface area contributed by atoms with Crippen molar-refractivity contribution < 1.29 is 33.8 Å². The molecule has 3 saturated heterocycles. The second-order valence-corrected chi connectivity index (χ2v) is 11.9. The van der Waals surface area contributed by atoms with Gasteiger partial charge in [0.25, 0.3) is 5.91 Å². The second kappa shape index (κ2) is 13.4. The van der Waals surface area contributed by atoms with E-state index >= 15 is 0 Å². The zero-order valence-electron chi connectivity index (χ0n) is 25.7. The first-order valence-electron chi connectivity index (χ1n) is 15.2. The molecule has 0 aromatic heterocycles. The number of amides is 3. The average molecular weight is 596 g/mol. The predicted octanol–water partition coefficient (Wildman–Crippen LogP) is 2.98. The molecule has 43 heavy (non-hydrogen) atoms. The summed E-state index contributed by atoms with van der Waals surface area (Å²) in [5.74, 6) is -3.29. The van der Waals surface area contributed by atoms with Crippen LogP contribution in [0.1, 0.15) is 57.1 Å². The van der Waals surface area contributed by atoms with E-state index in [9.17, 15) is 24.3 Å². The summed E-state index contributed by atoms with van der Waals surface area (Å²) in [6.07, 6.45) is 4.28. The van der Waals surface area contributed by atoms with Gasteiger partial charge in [-0.3, -0.25) is 19.2 Å². The molecule has 3 aliphatic rings. The van der Waals surface area contributed by atoms with Crippen molar-refractivity contribution in [3.05, 3.63) is 54.6 Å². The fraction of sp³-hybridized carbons (Fsp3) is 0.576. The van der Waals surface area contributed by atoms with E-state index in [0.717, 1.165) is 16.8 Å². The molecule has 10 heteroatoms. The third kappa shape index (κ3) is 5.87. The van der Waals surface area contributed by atoms with Gasteiger partial charge in [0, 0.05) is 18.7 Å². The molecule has 1 aromatic rings. The van der Waals surface area contributed by atoms with Crippen LogP contribution in [-0.4, -0.2) is 83.3 Å². The molecule has 1 spiro atoms. The zero-order chi connectivity index (χ0) is 31.5. The van der Waals surface area contributed by atoms with Crippen molar-refractivity contribution in [2.24, 2.45) is 11.8 Å². The fourth-order valence-corrected chi connectivity index (χ4v) is 7.14. The largest absolute Gasteiger partial charge is 0.460 e. The average Bonchev–Trinajstić information content (AvgIpc) is 3.62. The first-order valence-corrected chi connectivity index (χ1v) is 15.2. The standard InChI is InChI=1S/C33H45N3O7/c1-7-10-14-25(38)34-18-22(6)42-32(41)26-24-15-16-33(43-24)27(26)30(39)36(23(9-3)19-37)29(33)31(40)35(17-8-2)28-20(4)12-11-13-21(28)5/h7-8,11-13,22-24,26-27,29,37H,1-2,9-10,14-19H2,3-6H3,(H,34,38)/t22-,23-,24-,26+,27+,29-,33+/m0/s1. The summed E-state index contributed by atoms with van der Waals surface area (Å²) in [6, 6.07) is 4.12. The number of likely N-dealkylation sites (tertiary alicyclic amines) is 1. The Bertz CT molecular complexity index is 1240. The van der Waals surface area contributed by atoms with Gasteiger partial charge in [0.05, 0.1) is 37.1 Å². The van der Waals surface area contributed by atoms with E-state index in [0.29, 0.717) is 32.1 Å². The Balaban J connectivity index is 1.66. The van der Waals surface area contributed by atoms with Gasteiger partial charge in [-0.1, -0.05) is 37.3 Å². The number of aryl methyl sites for hydroxylation is 2. The van der Waals surface area contributed by atoms with E-state index in [1.165, 1.54) is 4.90 Å². The Morgan fingerprint density at radius 1 is 1.26 bits per heavy atom. The lowest BCUT2D eigenvalue weighted by Crippen LogP contribution is -2.59. The van der Waals surface area contributed by atoms with Gasteiger partial charge in [0.15, 0.2) is 0 Å². The molecule has 3 aliphatic heterocycles. The molecule has 7 atom stereocenters. The number of aliphatic hydroxyl groups excluding tert-OH is 1. The monoisotopic (exact) mass is 595 g/mol. The lowest BCUT2D eigenvalue weighted by Gasteiger charge is -2.39. The van der Waals surface area contributed by atoms with Gasteiger partial charge in [-0.25, -0.2) is 0 Å². The molecular weight excluding hydrogens is 550 g/mol. The van der Waals surface area contributed by atoms with Crippen LogP contribution >= 0.6 is 0 Å². The molecular formula is C33H45N3O7. The number of aliphatic hydroxyl groups is 1. The summed E-state index contributed by atoms with van der Waals surface area (Å²) >= 11 is 0. The number of hydrogen-bond acceptors (Lipinski definition) is 7. The zero-order valence-corrected chi connectivity index (χ0v) is 25.7. The molecule has 3 amide bonds. The van der Waals surface area contributed by atoms with Crippen molar-refractivity contribution in [2.75, 3.05) is 24.6 Å². The van der Waals surface area contributed by atoms with Crippen LogP contribution in [0.4, 0.5) is 5.69 Å². The fourth-order valence-electron chi connectivity index (χ4n) is 7.14. The second-order valence-electron chi connectivity index (χ2n) is 11.9. The summed E-state index contributed by atoms with van der Waals surface area (Å²) < 4.78 is 12.3. The van der Waals surface area contributed by atoms with Gasteiger partial charge in [-0.15, -0.1) is 13.2 Å². The van der Waals surface area contributed by atoms with Crippen molar-refractivity contribution >= 4 is 29.4 Å².